The Bertz CT molecular complexity index is 621. The summed E-state index contributed by atoms with van der Waals surface area (Å²) in [6.07, 6.45) is 4.08. The smallest absolute Gasteiger partial charge is 0.300 e. The summed E-state index contributed by atoms with van der Waals surface area (Å²) in [5, 5.41) is 23.0. The van der Waals surface area contributed by atoms with E-state index in [-0.39, 0.29) is 18.8 Å². The zero-order valence-corrected chi connectivity index (χ0v) is 17.2. The van der Waals surface area contributed by atoms with Crippen LogP contribution in [-0.2, 0) is 11.2 Å². The molecule has 1 aliphatic carbocycles. The number of nitrogens with two attached hydrogens (primary N) is 1. The molecule has 0 aromatic carbocycles. The number of halogens is 2. The van der Waals surface area contributed by atoms with Gasteiger partial charge in [-0.25, -0.2) is 13.8 Å². The van der Waals surface area contributed by atoms with Gasteiger partial charge in [-0.2, -0.15) is 0 Å². The van der Waals surface area contributed by atoms with E-state index in [1.807, 2.05) is 0 Å². The van der Waals surface area contributed by atoms with E-state index < -0.39 is 42.0 Å². The summed E-state index contributed by atoms with van der Waals surface area (Å²) in [5.41, 5.74) is 6.50. The Morgan fingerprint density at radius 3 is 2.52 bits per heavy atom. The summed E-state index contributed by atoms with van der Waals surface area (Å²) >= 11 is 0. The van der Waals surface area contributed by atoms with Crippen LogP contribution in [-0.4, -0.2) is 56.3 Å². The minimum absolute atomic E-state index is 0.137. The van der Waals surface area contributed by atoms with Gasteiger partial charge in [0.15, 0.2) is 0 Å². The fourth-order valence-electron chi connectivity index (χ4n) is 3.95. The van der Waals surface area contributed by atoms with Gasteiger partial charge in [-0.05, 0) is 18.3 Å². The zero-order chi connectivity index (χ0) is 21.6. The van der Waals surface area contributed by atoms with Crippen LogP contribution >= 0.6 is 0 Å². The maximum Gasteiger partial charge on any atom is 0.300 e. The number of aromatic nitrogens is 2. The molecule has 1 amide bonds. The Morgan fingerprint density at radius 1 is 1.31 bits per heavy atom. The Kier molecular flexibility index (Phi) is 8.54. The fourth-order valence-corrected chi connectivity index (χ4v) is 3.95. The number of H-pyrrole nitrogens is 1. The number of nitrogens with zero attached hydrogens (tertiary/aromatic N) is 1. The van der Waals surface area contributed by atoms with Crippen LogP contribution in [0, 0.1) is 11.8 Å². The number of hydrogen-bond donors (Lipinski definition) is 5. The van der Waals surface area contributed by atoms with Gasteiger partial charge in [0.1, 0.15) is 12.2 Å². The Balaban J connectivity index is 2.11. The van der Waals surface area contributed by atoms with Gasteiger partial charge in [-0.3, -0.25) is 4.79 Å². The van der Waals surface area contributed by atoms with Gasteiger partial charge in [0.25, 0.3) is 0 Å². The van der Waals surface area contributed by atoms with Crippen molar-refractivity contribution in [3.63, 3.8) is 0 Å². The quantitative estimate of drug-likeness (QED) is 0.397. The van der Waals surface area contributed by atoms with E-state index in [4.69, 9.17) is 5.73 Å². The van der Waals surface area contributed by atoms with E-state index in [1.54, 1.807) is 6.20 Å². The van der Waals surface area contributed by atoms with Gasteiger partial charge in [-0.1, -0.05) is 46.0 Å². The molecule has 166 valence electrons. The lowest BCUT2D eigenvalue weighted by Crippen LogP contribution is -2.59. The lowest BCUT2D eigenvalue weighted by molar-refractivity contribution is -0.198. The highest BCUT2D eigenvalue weighted by atomic mass is 19.3. The van der Waals surface area contributed by atoms with Crippen molar-refractivity contribution in [3.8, 4) is 0 Å². The van der Waals surface area contributed by atoms with Crippen LogP contribution in [0.5, 0.6) is 0 Å². The van der Waals surface area contributed by atoms with Crippen molar-refractivity contribution < 1.29 is 23.8 Å². The number of rotatable bonds is 10. The molecule has 4 atom stereocenters. The first kappa shape index (κ1) is 23.7. The van der Waals surface area contributed by atoms with Crippen LogP contribution in [0.15, 0.2) is 12.5 Å². The number of aliphatic hydroxyl groups is 2. The third-order valence-electron chi connectivity index (χ3n) is 5.76. The number of nitrogens with one attached hydrogen (secondary N) is 2. The molecule has 1 aliphatic rings. The molecule has 6 N–H and O–H groups in total. The topological polar surface area (TPSA) is 124 Å². The highest BCUT2D eigenvalue weighted by Gasteiger charge is 2.51. The van der Waals surface area contributed by atoms with E-state index >= 15 is 0 Å². The van der Waals surface area contributed by atoms with E-state index in [0.717, 1.165) is 32.1 Å². The molecular weight excluding hydrogens is 382 g/mol. The molecule has 29 heavy (non-hydrogen) atoms. The van der Waals surface area contributed by atoms with E-state index in [9.17, 15) is 23.8 Å². The van der Waals surface area contributed by atoms with E-state index in [0.29, 0.717) is 5.69 Å². The Morgan fingerprint density at radius 2 is 1.97 bits per heavy atom. The number of aromatic amines is 1. The van der Waals surface area contributed by atoms with Crippen molar-refractivity contribution in [2.75, 3.05) is 0 Å². The molecule has 1 heterocycles. The molecule has 0 saturated heterocycles. The predicted octanol–water partition coefficient (Wildman–Crippen LogP) is 1.75. The van der Waals surface area contributed by atoms with Crippen LogP contribution in [0.4, 0.5) is 8.78 Å². The van der Waals surface area contributed by atoms with E-state index in [2.05, 4.69) is 15.3 Å². The first-order valence-electron chi connectivity index (χ1n) is 10.4. The highest BCUT2D eigenvalue weighted by Crippen LogP contribution is 2.34. The standard InChI is InChI=1S/C20H34F2N4O3/c1-12(2)17(27)20(21,22)18(28)16(8-13-6-4-3-5-7-13)26-19(29)15(23)9-14-10-24-11-25-14/h10-13,15-18,27-28H,3-9,23H2,1-2H3,(H,24,25)(H,26,29)/t15?,16-,17+,18+/m0/s1. The maximum absolute atomic E-state index is 14.7. The second kappa shape index (κ2) is 10.4. The molecule has 1 aromatic heterocycles. The second-order valence-corrected chi connectivity index (χ2v) is 8.53. The lowest BCUT2D eigenvalue weighted by Gasteiger charge is -2.36. The molecule has 2 rings (SSSR count). The van der Waals surface area contributed by atoms with Crippen molar-refractivity contribution in [3.05, 3.63) is 18.2 Å². The molecule has 1 fully saturated rings. The molecule has 7 nitrogen and oxygen atoms in total. The number of aliphatic hydroxyl groups excluding tert-OH is 2. The Hall–Kier alpha value is -1.58. The Labute approximate surface area is 170 Å². The predicted molar refractivity (Wildman–Crippen MR) is 105 cm³/mol. The highest BCUT2D eigenvalue weighted by molar-refractivity contribution is 5.82. The van der Waals surface area contributed by atoms with Crippen molar-refractivity contribution in [2.45, 2.75) is 89.0 Å². The van der Waals surface area contributed by atoms with Crippen molar-refractivity contribution in [1.29, 1.82) is 0 Å². The van der Waals surface area contributed by atoms with Crippen LogP contribution in [0.2, 0.25) is 0 Å². The van der Waals surface area contributed by atoms with Crippen LogP contribution < -0.4 is 11.1 Å². The summed E-state index contributed by atoms with van der Waals surface area (Å²) in [5.74, 6) is -4.99. The van der Waals surface area contributed by atoms with Crippen LogP contribution in [0.1, 0.15) is 58.1 Å². The summed E-state index contributed by atoms with van der Waals surface area (Å²) in [6.45, 7) is 2.92. The molecule has 0 radical (unpaired) electrons. The summed E-state index contributed by atoms with van der Waals surface area (Å²) < 4.78 is 29.5. The minimum atomic E-state index is -3.76. The number of carbonyl (C=O) groups excluding carboxylic acids is 1. The third kappa shape index (κ3) is 6.45. The summed E-state index contributed by atoms with van der Waals surface area (Å²) in [6, 6.07) is -2.18. The second-order valence-electron chi connectivity index (χ2n) is 8.53. The van der Waals surface area contributed by atoms with Crippen LogP contribution in [0.3, 0.4) is 0 Å². The van der Waals surface area contributed by atoms with Gasteiger partial charge in [0.05, 0.1) is 24.1 Å². The number of imidazole rings is 1. The summed E-state index contributed by atoms with van der Waals surface area (Å²) in [4.78, 5) is 19.3. The van der Waals surface area contributed by atoms with Gasteiger partial charge in [-0.15, -0.1) is 0 Å². The van der Waals surface area contributed by atoms with Gasteiger partial charge in [0, 0.05) is 12.6 Å². The normalized spacial score (nSPS) is 20.3. The number of carbonyl (C=O) groups is 1. The molecule has 1 saturated carbocycles. The van der Waals surface area contributed by atoms with Crippen molar-refractivity contribution in [1.82, 2.24) is 15.3 Å². The molecular formula is C20H34F2N4O3. The largest absolute Gasteiger partial charge is 0.386 e. The van der Waals surface area contributed by atoms with Gasteiger partial charge in [0.2, 0.25) is 5.91 Å². The average molecular weight is 417 g/mol. The first-order valence-corrected chi connectivity index (χ1v) is 10.4. The molecule has 0 aliphatic heterocycles. The number of hydrogen-bond acceptors (Lipinski definition) is 5. The number of amides is 1. The lowest BCUT2D eigenvalue weighted by atomic mass is 9.81. The molecule has 9 heteroatoms. The first-order chi connectivity index (χ1) is 13.6. The number of alkyl halides is 2. The fraction of sp³-hybridized carbons (Fsp3) is 0.800. The van der Waals surface area contributed by atoms with Crippen LogP contribution in [0.25, 0.3) is 0 Å². The summed E-state index contributed by atoms with van der Waals surface area (Å²) in [7, 11) is 0. The van der Waals surface area contributed by atoms with Gasteiger partial charge < -0.3 is 26.2 Å². The average Bonchev–Trinajstić information content (AvgIpc) is 3.19. The molecule has 0 bridgehead atoms. The molecule has 1 aromatic rings. The third-order valence-corrected chi connectivity index (χ3v) is 5.76. The monoisotopic (exact) mass is 416 g/mol. The maximum atomic E-state index is 14.7. The zero-order valence-electron chi connectivity index (χ0n) is 17.2. The molecule has 0 spiro atoms. The van der Waals surface area contributed by atoms with Gasteiger partial charge >= 0.3 is 5.92 Å². The molecule has 1 unspecified atom stereocenters. The van der Waals surface area contributed by atoms with E-state index in [1.165, 1.54) is 20.2 Å². The van der Waals surface area contributed by atoms with Crippen molar-refractivity contribution >= 4 is 5.91 Å². The van der Waals surface area contributed by atoms with Crippen molar-refractivity contribution in [2.24, 2.45) is 17.6 Å². The minimum Gasteiger partial charge on any atom is -0.386 e. The SMILES string of the molecule is CC(C)[C@@H](O)C(F)(F)[C@H](O)[C@H](CC1CCCCC1)NC(=O)C(N)Cc1c[nH]cn1.